The summed E-state index contributed by atoms with van der Waals surface area (Å²) in [5, 5.41) is 13.4. The summed E-state index contributed by atoms with van der Waals surface area (Å²) in [7, 11) is 6.23. The van der Waals surface area contributed by atoms with Gasteiger partial charge in [-0.1, -0.05) is 41.4 Å². The van der Waals surface area contributed by atoms with Crippen LogP contribution in [0.3, 0.4) is 0 Å². The van der Waals surface area contributed by atoms with Gasteiger partial charge in [0.25, 0.3) is 0 Å². The van der Waals surface area contributed by atoms with E-state index in [9.17, 15) is 5.11 Å². The van der Waals surface area contributed by atoms with E-state index in [2.05, 4.69) is 33.5 Å². The molecule has 1 saturated heterocycles. The van der Waals surface area contributed by atoms with Crippen LogP contribution in [-0.2, 0) is 20.1 Å². The Labute approximate surface area is 200 Å². The van der Waals surface area contributed by atoms with Gasteiger partial charge in [0.1, 0.15) is 18.6 Å². The normalized spacial score (nSPS) is 16.7. The molecule has 1 aliphatic heterocycles. The van der Waals surface area contributed by atoms with Gasteiger partial charge in [0.05, 0.1) is 10.7 Å². The maximum absolute atomic E-state index is 11.2. The number of aromatic nitrogens is 1. The van der Waals surface area contributed by atoms with Crippen molar-refractivity contribution in [2.45, 2.75) is 38.1 Å². The first-order valence-corrected chi connectivity index (χ1v) is 11.8. The number of aryl methyl sites for hydroxylation is 1. The molecule has 1 aliphatic rings. The predicted molar refractivity (Wildman–Crippen MR) is 132 cm³/mol. The van der Waals surface area contributed by atoms with E-state index in [0.29, 0.717) is 34.9 Å². The van der Waals surface area contributed by atoms with Crippen LogP contribution in [0.15, 0.2) is 42.5 Å². The van der Waals surface area contributed by atoms with Crippen molar-refractivity contribution in [3.63, 3.8) is 0 Å². The zero-order valence-electron chi connectivity index (χ0n) is 18.9. The zero-order valence-corrected chi connectivity index (χ0v) is 20.4. The molecule has 1 atom stereocenters. The van der Waals surface area contributed by atoms with E-state index in [4.69, 9.17) is 27.9 Å². The van der Waals surface area contributed by atoms with Gasteiger partial charge >= 0.3 is 0 Å². The van der Waals surface area contributed by atoms with Crippen LogP contribution < -0.4 is 4.74 Å². The minimum Gasteiger partial charge on any atom is -0.486 e. The summed E-state index contributed by atoms with van der Waals surface area (Å²) < 4.78 is 8.24. The minimum absolute atomic E-state index is 0.354. The lowest BCUT2D eigenvalue weighted by atomic mass is 10.0. The van der Waals surface area contributed by atoms with Gasteiger partial charge in [0.2, 0.25) is 0 Å². The average Bonchev–Trinajstić information content (AvgIpc) is 3.04. The van der Waals surface area contributed by atoms with Crippen LogP contribution in [0, 0.1) is 0 Å². The van der Waals surface area contributed by atoms with E-state index in [-0.39, 0.29) is 0 Å². The topological polar surface area (TPSA) is 40.9 Å². The fraction of sp³-hybridized carbons (Fsp3) is 0.440. The number of ether oxygens (including phenoxy) is 1. The molecule has 0 radical (unpaired) electrons. The maximum atomic E-state index is 11.2. The highest BCUT2D eigenvalue weighted by molar-refractivity contribution is 6.35. The largest absolute Gasteiger partial charge is 0.486 e. The number of halogens is 2. The predicted octanol–water partition coefficient (Wildman–Crippen LogP) is 4.95. The summed E-state index contributed by atoms with van der Waals surface area (Å²) in [5.74, 6) is 0.594. The summed E-state index contributed by atoms with van der Waals surface area (Å²) in [6, 6.07) is 13.9. The lowest BCUT2D eigenvalue weighted by Crippen LogP contribution is -2.47. The molecule has 3 aromatic rings. The third-order valence-corrected chi connectivity index (χ3v) is 7.25. The van der Waals surface area contributed by atoms with Crippen molar-refractivity contribution in [2.24, 2.45) is 7.05 Å². The van der Waals surface area contributed by atoms with Gasteiger partial charge in [-0.25, -0.2) is 0 Å². The number of hydrogen-bond donors (Lipinski definition) is 1. The Balaban J connectivity index is 1.58. The van der Waals surface area contributed by atoms with Crippen LogP contribution in [0.1, 0.15) is 24.1 Å². The van der Waals surface area contributed by atoms with E-state index in [1.54, 1.807) is 18.2 Å². The Bertz CT molecular complexity index is 1080. The third kappa shape index (κ3) is 4.92. The molecule has 2 aromatic carbocycles. The molecule has 0 aliphatic carbocycles. The van der Waals surface area contributed by atoms with Gasteiger partial charge in [-0.2, -0.15) is 0 Å². The zero-order chi connectivity index (χ0) is 22.8. The molecule has 7 heteroatoms. The Kier molecular flexibility index (Phi) is 7.33. The molecule has 0 bridgehead atoms. The Hall–Kier alpha value is -1.76. The molecule has 4 rings (SSSR count). The third-order valence-electron chi connectivity index (χ3n) is 6.72. The fourth-order valence-corrected chi connectivity index (χ4v) is 5.11. The second kappa shape index (κ2) is 10.0. The lowest BCUT2D eigenvalue weighted by molar-refractivity contribution is -0.0207. The number of hydrogen-bond acceptors (Lipinski definition) is 4. The quantitative estimate of drug-likeness (QED) is 0.490. The average molecular weight is 476 g/mol. The molecule has 5 nitrogen and oxygen atoms in total. The van der Waals surface area contributed by atoms with Crippen LogP contribution in [0.5, 0.6) is 5.75 Å². The van der Waals surface area contributed by atoms with Crippen LogP contribution >= 0.6 is 23.2 Å². The second-order valence-electron chi connectivity index (χ2n) is 8.75. The maximum Gasteiger partial charge on any atom is 0.138 e. The van der Waals surface area contributed by atoms with E-state index < -0.39 is 6.23 Å². The molecule has 2 heterocycles. The second-order valence-corrected chi connectivity index (χ2v) is 9.59. The van der Waals surface area contributed by atoms with Crippen LogP contribution in [0.4, 0.5) is 0 Å². The molecule has 1 fully saturated rings. The van der Waals surface area contributed by atoms with Crippen LogP contribution in [0.2, 0.25) is 10.0 Å². The first kappa shape index (κ1) is 23.4. The summed E-state index contributed by atoms with van der Waals surface area (Å²) >= 11 is 12.3. The van der Waals surface area contributed by atoms with Crippen molar-refractivity contribution in [3.05, 3.63) is 63.8 Å². The van der Waals surface area contributed by atoms with E-state index in [1.807, 2.05) is 26.2 Å². The Morgan fingerprint density at radius 1 is 1.12 bits per heavy atom. The highest BCUT2D eigenvalue weighted by atomic mass is 35.5. The fourth-order valence-electron chi connectivity index (χ4n) is 4.65. The SMILES string of the molecule is CN1CCC(N(C)C(O)Cc2c(COc3ccc(Cl)cc3Cl)n(C)c3ccccc23)CC1. The van der Waals surface area contributed by atoms with Crippen molar-refractivity contribution in [1.29, 1.82) is 0 Å². The summed E-state index contributed by atoms with van der Waals surface area (Å²) in [5.41, 5.74) is 3.27. The highest BCUT2D eigenvalue weighted by Gasteiger charge is 2.27. The van der Waals surface area contributed by atoms with E-state index in [1.165, 1.54) is 0 Å². The number of benzene rings is 2. The molecule has 172 valence electrons. The number of aliphatic hydroxyl groups is 1. The van der Waals surface area contributed by atoms with Crippen molar-refractivity contribution < 1.29 is 9.84 Å². The minimum atomic E-state index is -0.563. The molecule has 32 heavy (non-hydrogen) atoms. The molecule has 1 N–H and O–H groups in total. The summed E-state index contributed by atoms with van der Waals surface area (Å²) in [4.78, 5) is 4.48. The van der Waals surface area contributed by atoms with Gasteiger partial charge in [-0.05, 0) is 69.9 Å². The number of para-hydroxylation sites is 1. The number of fused-ring (bicyclic) bond motifs is 1. The first-order valence-electron chi connectivity index (χ1n) is 11.1. The number of likely N-dealkylation sites (tertiary alicyclic amines) is 1. The van der Waals surface area contributed by atoms with Crippen molar-refractivity contribution in [1.82, 2.24) is 14.4 Å². The number of piperidine rings is 1. The number of nitrogens with zero attached hydrogens (tertiary/aromatic N) is 3. The Morgan fingerprint density at radius 3 is 2.56 bits per heavy atom. The van der Waals surface area contributed by atoms with Crippen molar-refractivity contribution in [2.75, 3.05) is 27.2 Å². The molecule has 1 unspecified atom stereocenters. The highest BCUT2D eigenvalue weighted by Crippen LogP contribution is 2.31. The number of aliphatic hydroxyl groups excluding tert-OH is 1. The van der Waals surface area contributed by atoms with Gasteiger partial charge in [0, 0.05) is 35.4 Å². The van der Waals surface area contributed by atoms with Gasteiger partial charge in [0.15, 0.2) is 0 Å². The molecule has 0 amide bonds. The monoisotopic (exact) mass is 475 g/mol. The molecule has 1 aromatic heterocycles. The van der Waals surface area contributed by atoms with E-state index in [0.717, 1.165) is 48.1 Å². The van der Waals surface area contributed by atoms with Gasteiger partial charge < -0.3 is 19.3 Å². The molecule has 0 saturated carbocycles. The van der Waals surface area contributed by atoms with Gasteiger partial charge in [-0.3, -0.25) is 4.90 Å². The first-order chi connectivity index (χ1) is 15.3. The smallest absolute Gasteiger partial charge is 0.138 e. The Morgan fingerprint density at radius 2 is 1.84 bits per heavy atom. The molecular weight excluding hydrogens is 445 g/mol. The summed E-state index contributed by atoms with van der Waals surface area (Å²) in [6.07, 6.45) is 2.12. The lowest BCUT2D eigenvalue weighted by Gasteiger charge is -2.37. The van der Waals surface area contributed by atoms with Crippen LogP contribution in [-0.4, -0.2) is 58.9 Å². The molecular formula is C25H31Cl2N3O2. The number of likely N-dealkylation sites (N-methyl/N-ethyl adjacent to an activating group) is 1. The van der Waals surface area contributed by atoms with Crippen molar-refractivity contribution >= 4 is 34.1 Å². The summed E-state index contributed by atoms with van der Waals surface area (Å²) in [6.45, 7) is 2.49. The van der Waals surface area contributed by atoms with Crippen molar-refractivity contribution in [3.8, 4) is 5.75 Å². The standard InChI is InChI=1S/C25H31Cl2N3O2/c1-28-12-10-18(11-13-28)29(2)25(31)15-20-19-6-4-5-7-22(19)30(3)23(20)16-32-24-9-8-17(26)14-21(24)27/h4-9,14,18,25,31H,10-13,15-16H2,1-3H3. The number of rotatable bonds is 7. The van der Waals surface area contributed by atoms with Gasteiger partial charge in [-0.15, -0.1) is 0 Å². The van der Waals surface area contributed by atoms with Crippen LogP contribution in [0.25, 0.3) is 10.9 Å². The molecule has 0 spiro atoms. The van der Waals surface area contributed by atoms with E-state index >= 15 is 0 Å².